The Labute approximate surface area is 138 Å². The molecule has 1 aromatic heterocycles. The zero-order valence-electron chi connectivity index (χ0n) is 13.0. The summed E-state index contributed by atoms with van der Waals surface area (Å²) in [6.45, 7) is 2.06. The topological polar surface area (TPSA) is 71.5 Å². The monoisotopic (exact) mass is 338 g/mol. The molecule has 1 amide bonds. The summed E-state index contributed by atoms with van der Waals surface area (Å²) >= 11 is 1.30. The molecule has 0 saturated heterocycles. The molecular weight excluding hydrogens is 319 g/mol. The van der Waals surface area contributed by atoms with Gasteiger partial charge in [0, 0.05) is 20.1 Å². The van der Waals surface area contributed by atoms with Crippen molar-refractivity contribution in [3.63, 3.8) is 0 Å². The third kappa shape index (κ3) is 5.09. The second kappa shape index (κ2) is 8.14. The number of halogens is 1. The molecule has 1 aromatic carbocycles. The first-order valence-corrected chi connectivity index (χ1v) is 7.97. The molecule has 124 valence electrons. The van der Waals surface area contributed by atoms with Crippen LogP contribution >= 0.6 is 11.3 Å². The predicted molar refractivity (Wildman–Crippen MR) is 86.3 cm³/mol. The van der Waals surface area contributed by atoms with Crippen LogP contribution in [0.1, 0.15) is 25.9 Å². The molecule has 0 aliphatic heterocycles. The van der Waals surface area contributed by atoms with Gasteiger partial charge in [0.25, 0.3) is 5.91 Å². The van der Waals surface area contributed by atoms with Gasteiger partial charge in [-0.2, -0.15) is 0 Å². The zero-order valence-corrected chi connectivity index (χ0v) is 13.8. The van der Waals surface area contributed by atoms with Gasteiger partial charge in [0.15, 0.2) is 0 Å². The third-order valence-electron chi connectivity index (χ3n) is 3.17. The lowest BCUT2D eigenvalue weighted by molar-refractivity contribution is 0.0610. The first-order chi connectivity index (χ1) is 11.0. The molecule has 0 radical (unpaired) electrons. The van der Waals surface area contributed by atoms with Crippen LogP contribution in [0.25, 0.3) is 0 Å². The van der Waals surface area contributed by atoms with Gasteiger partial charge >= 0.3 is 0 Å². The number of amides is 1. The molecule has 5 nitrogen and oxygen atoms in total. The van der Waals surface area contributed by atoms with Crippen LogP contribution in [0.3, 0.4) is 0 Å². The lowest BCUT2D eigenvalue weighted by Crippen LogP contribution is -2.34. The highest BCUT2D eigenvalue weighted by atomic mass is 32.1. The second-order valence-electron chi connectivity index (χ2n) is 5.14. The molecule has 0 fully saturated rings. The molecule has 2 N–H and O–H groups in total. The van der Waals surface area contributed by atoms with E-state index in [0.717, 1.165) is 10.6 Å². The minimum Gasteiger partial charge on any atom is -0.389 e. The van der Waals surface area contributed by atoms with Crippen molar-refractivity contribution < 1.29 is 19.0 Å². The summed E-state index contributed by atoms with van der Waals surface area (Å²) in [6, 6.07) is 6.21. The molecule has 0 aliphatic carbocycles. The number of hydrogen-bond acceptors (Lipinski definition) is 5. The van der Waals surface area contributed by atoms with Crippen molar-refractivity contribution in [2.75, 3.05) is 20.3 Å². The molecule has 0 saturated carbocycles. The maximum absolute atomic E-state index is 12.9. The molecule has 7 heteroatoms. The lowest BCUT2D eigenvalue weighted by Gasteiger charge is -2.09. The highest BCUT2D eigenvalue weighted by Crippen LogP contribution is 2.21. The number of carbonyl (C=O) groups excluding carboxylic acids is 1. The number of hydrogen-bond donors (Lipinski definition) is 2. The number of benzene rings is 1. The number of aromatic nitrogens is 1. The summed E-state index contributed by atoms with van der Waals surface area (Å²) in [5.74, 6) is -0.542. The van der Waals surface area contributed by atoms with Crippen molar-refractivity contribution >= 4 is 17.2 Å². The van der Waals surface area contributed by atoms with Gasteiger partial charge in [-0.05, 0) is 24.6 Å². The molecule has 23 heavy (non-hydrogen) atoms. The zero-order chi connectivity index (χ0) is 16.8. The van der Waals surface area contributed by atoms with Gasteiger partial charge < -0.3 is 15.2 Å². The predicted octanol–water partition coefficient (Wildman–Crippen LogP) is 1.92. The summed E-state index contributed by atoms with van der Waals surface area (Å²) < 4.78 is 17.7. The Hall–Kier alpha value is -1.83. The molecular formula is C16H19FN2O3S. The van der Waals surface area contributed by atoms with Crippen LogP contribution in [0.4, 0.5) is 4.39 Å². The number of methoxy groups -OCH3 is 1. The summed E-state index contributed by atoms with van der Waals surface area (Å²) in [7, 11) is 1.49. The van der Waals surface area contributed by atoms with Gasteiger partial charge in [0.2, 0.25) is 0 Å². The van der Waals surface area contributed by atoms with Crippen molar-refractivity contribution in [1.29, 1.82) is 0 Å². The van der Waals surface area contributed by atoms with Crippen LogP contribution in [-0.4, -0.2) is 42.4 Å². The highest BCUT2D eigenvalue weighted by molar-refractivity contribution is 7.13. The number of thiazole rings is 1. The first-order valence-electron chi connectivity index (χ1n) is 7.15. The van der Waals surface area contributed by atoms with E-state index in [1.54, 1.807) is 19.1 Å². The lowest BCUT2D eigenvalue weighted by atomic mass is 10.1. The van der Waals surface area contributed by atoms with Gasteiger partial charge in [0.05, 0.1) is 23.4 Å². The largest absolute Gasteiger partial charge is 0.389 e. The van der Waals surface area contributed by atoms with E-state index in [-0.39, 0.29) is 24.9 Å². The smallest absolute Gasteiger partial charge is 0.263 e. The van der Waals surface area contributed by atoms with E-state index < -0.39 is 6.10 Å². The van der Waals surface area contributed by atoms with Crippen molar-refractivity contribution in [3.05, 3.63) is 51.2 Å². The van der Waals surface area contributed by atoms with Crippen LogP contribution in [0.2, 0.25) is 0 Å². The Morgan fingerprint density at radius 3 is 2.78 bits per heavy atom. The average Bonchev–Trinajstić information content (AvgIpc) is 2.88. The van der Waals surface area contributed by atoms with Crippen molar-refractivity contribution in [1.82, 2.24) is 10.3 Å². The number of ether oxygens (including phenoxy) is 1. The van der Waals surface area contributed by atoms with E-state index >= 15 is 0 Å². The highest BCUT2D eigenvalue weighted by Gasteiger charge is 2.16. The number of rotatable bonds is 7. The summed E-state index contributed by atoms with van der Waals surface area (Å²) in [5, 5.41) is 13.0. The Morgan fingerprint density at radius 1 is 1.43 bits per heavy atom. The number of aryl methyl sites for hydroxylation is 1. The molecule has 1 atom stereocenters. The number of nitrogens with one attached hydrogen (secondary N) is 1. The molecule has 2 aromatic rings. The van der Waals surface area contributed by atoms with E-state index in [2.05, 4.69) is 10.3 Å². The quantitative estimate of drug-likeness (QED) is 0.809. The number of aliphatic hydroxyl groups is 1. The van der Waals surface area contributed by atoms with E-state index in [1.165, 1.54) is 30.6 Å². The Bertz CT molecular complexity index is 658. The van der Waals surface area contributed by atoms with Gasteiger partial charge in [-0.1, -0.05) is 12.1 Å². The van der Waals surface area contributed by atoms with E-state index in [9.17, 15) is 14.3 Å². The summed E-state index contributed by atoms with van der Waals surface area (Å²) in [5.41, 5.74) is 1.58. The maximum Gasteiger partial charge on any atom is 0.263 e. The van der Waals surface area contributed by atoms with Gasteiger partial charge in [0.1, 0.15) is 10.7 Å². The molecule has 2 rings (SSSR count). The standard InChI is InChI=1S/C16H19FN2O3S/c1-10-15(16(21)18-8-13(20)9-22-2)23-14(19-10)7-11-3-5-12(17)6-4-11/h3-6,13,20H,7-9H2,1-2H3,(H,18,21). The number of aliphatic hydroxyl groups excluding tert-OH is 1. The molecule has 0 bridgehead atoms. The van der Waals surface area contributed by atoms with E-state index in [4.69, 9.17) is 4.74 Å². The van der Waals surface area contributed by atoms with Crippen LogP contribution in [-0.2, 0) is 11.2 Å². The first kappa shape index (κ1) is 17.5. The molecule has 1 heterocycles. The van der Waals surface area contributed by atoms with Crippen LogP contribution < -0.4 is 5.32 Å². The maximum atomic E-state index is 12.9. The fraction of sp³-hybridized carbons (Fsp3) is 0.375. The Kier molecular flexibility index (Phi) is 6.20. The van der Waals surface area contributed by atoms with Crippen LogP contribution in [0, 0.1) is 12.7 Å². The summed E-state index contributed by atoms with van der Waals surface area (Å²) in [4.78, 5) is 17.1. The molecule has 0 spiro atoms. The van der Waals surface area contributed by atoms with Crippen molar-refractivity contribution in [2.24, 2.45) is 0 Å². The fourth-order valence-electron chi connectivity index (χ4n) is 2.06. The van der Waals surface area contributed by atoms with Crippen molar-refractivity contribution in [2.45, 2.75) is 19.4 Å². The van der Waals surface area contributed by atoms with E-state index in [0.29, 0.717) is 17.0 Å². The number of nitrogens with zero attached hydrogens (tertiary/aromatic N) is 1. The average molecular weight is 338 g/mol. The second-order valence-corrected chi connectivity index (χ2v) is 6.23. The van der Waals surface area contributed by atoms with Gasteiger partial charge in [-0.15, -0.1) is 11.3 Å². The van der Waals surface area contributed by atoms with E-state index in [1.807, 2.05) is 0 Å². The SMILES string of the molecule is COCC(O)CNC(=O)c1sc(Cc2ccc(F)cc2)nc1C. The Morgan fingerprint density at radius 2 is 2.13 bits per heavy atom. The van der Waals surface area contributed by atoms with Gasteiger partial charge in [-0.3, -0.25) is 4.79 Å². The minimum atomic E-state index is -0.740. The van der Waals surface area contributed by atoms with Crippen molar-refractivity contribution in [3.8, 4) is 0 Å². The third-order valence-corrected chi connectivity index (χ3v) is 4.33. The fourth-order valence-corrected chi connectivity index (χ4v) is 3.07. The van der Waals surface area contributed by atoms with Crippen LogP contribution in [0.5, 0.6) is 0 Å². The normalized spacial score (nSPS) is 12.2. The molecule has 1 unspecified atom stereocenters. The van der Waals surface area contributed by atoms with Crippen LogP contribution in [0.15, 0.2) is 24.3 Å². The Balaban J connectivity index is 1.99. The summed E-state index contributed by atoms with van der Waals surface area (Å²) in [6.07, 6.45) is -0.193. The van der Waals surface area contributed by atoms with Gasteiger partial charge in [-0.25, -0.2) is 9.37 Å². The number of carbonyl (C=O) groups is 1. The minimum absolute atomic E-state index is 0.122. The molecule has 0 aliphatic rings.